The Morgan fingerprint density at radius 1 is 1.00 bits per heavy atom. The van der Waals surface area contributed by atoms with Gasteiger partial charge >= 0.3 is 12.4 Å². The Labute approximate surface area is 140 Å². The summed E-state index contributed by atoms with van der Waals surface area (Å²) in [6, 6.07) is 8.35. The average molecular weight is 377 g/mol. The van der Waals surface area contributed by atoms with Crippen molar-refractivity contribution in [1.29, 1.82) is 0 Å². The van der Waals surface area contributed by atoms with Crippen molar-refractivity contribution < 1.29 is 35.5 Å². The molecule has 0 atom stereocenters. The van der Waals surface area contributed by atoms with E-state index < -0.39 is 33.7 Å². The van der Waals surface area contributed by atoms with Gasteiger partial charge in [0.05, 0.1) is 10.5 Å². The number of aryl methyl sites for hydroxylation is 1. The Balaban J connectivity index is 1.94. The van der Waals surface area contributed by atoms with E-state index in [0.717, 1.165) is 17.7 Å². The maximum absolute atomic E-state index is 13.7. The molecule has 0 saturated carbocycles. The Kier molecular flexibility index (Phi) is 3.92. The molecule has 0 amide bonds. The summed E-state index contributed by atoms with van der Waals surface area (Å²) in [5.74, 6) is -0.806. The first-order chi connectivity index (χ1) is 11.5. The number of benzene rings is 2. The van der Waals surface area contributed by atoms with Crippen molar-refractivity contribution in [2.75, 3.05) is 4.72 Å². The molecule has 10 heteroatoms. The van der Waals surface area contributed by atoms with Gasteiger partial charge in [-0.1, -0.05) is 17.7 Å². The van der Waals surface area contributed by atoms with Crippen molar-refractivity contribution in [3.8, 4) is 5.75 Å². The molecule has 1 heterocycles. The van der Waals surface area contributed by atoms with E-state index in [1.54, 1.807) is 19.1 Å². The Morgan fingerprint density at radius 3 is 2.28 bits per heavy atom. The first-order valence-corrected chi connectivity index (χ1v) is 8.36. The van der Waals surface area contributed by atoms with Gasteiger partial charge in [-0.25, -0.2) is 13.2 Å². The Morgan fingerprint density at radius 2 is 1.64 bits per heavy atom. The highest BCUT2D eigenvalue weighted by Gasteiger charge is 2.54. The van der Waals surface area contributed by atoms with Crippen molar-refractivity contribution in [1.82, 2.24) is 0 Å². The number of ether oxygens (including phenoxy) is 2. The van der Waals surface area contributed by atoms with Crippen LogP contribution in [0.3, 0.4) is 0 Å². The van der Waals surface area contributed by atoms with E-state index in [0.29, 0.717) is 6.07 Å². The summed E-state index contributed by atoms with van der Waals surface area (Å²) in [6.07, 6.45) is -8.83. The van der Waals surface area contributed by atoms with Crippen LogP contribution in [0, 0.1) is 6.92 Å². The van der Waals surface area contributed by atoms with Crippen LogP contribution in [0.5, 0.6) is 5.75 Å². The lowest BCUT2D eigenvalue weighted by molar-refractivity contribution is -0.461. The average Bonchev–Trinajstić information content (AvgIpc) is 2.46. The van der Waals surface area contributed by atoms with Gasteiger partial charge in [0.1, 0.15) is 5.75 Å². The lowest BCUT2D eigenvalue weighted by Crippen LogP contribution is -2.41. The summed E-state index contributed by atoms with van der Waals surface area (Å²) in [7, 11) is -4.04. The van der Waals surface area contributed by atoms with Crippen LogP contribution in [0.1, 0.15) is 11.1 Å². The smallest absolute Gasteiger partial charge is 0.409 e. The molecule has 0 aliphatic carbocycles. The van der Waals surface area contributed by atoms with E-state index >= 15 is 0 Å². The highest BCUT2D eigenvalue weighted by atomic mass is 32.2. The molecule has 5 nitrogen and oxygen atoms in total. The first kappa shape index (κ1) is 17.5. The molecule has 0 bridgehead atoms. The minimum absolute atomic E-state index is 0.0818. The second-order valence-electron chi connectivity index (χ2n) is 5.31. The summed E-state index contributed by atoms with van der Waals surface area (Å²) in [5, 5.41) is 0. The second-order valence-corrected chi connectivity index (χ2v) is 7.00. The van der Waals surface area contributed by atoms with Crippen LogP contribution in [0.4, 0.5) is 23.2 Å². The largest absolute Gasteiger partial charge is 0.540 e. The first-order valence-electron chi connectivity index (χ1n) is 6.87. The van der Waals surface area contributed by atoms with Gasteiger partial charge in [-0.2, -0.15) is 8.78 Å². The van der Waals surface area contributed by atoms with Crippen molar-refractivity contribution in [3.63, 3.8) is 0 Å². The van der Waals surface area contributed by atoms with Gasteiger partial charge in [0.15, 0.2) is 0 Å². The summed E-state index contributed by atoms with van der Waals surface area (Å²) >= 11 is 0. The number of sulfonamides is 1. The van der Waals surface area contributed by atoms with Crippen LogP contribution in [0.15, 0.2) is 47.4 Å². The van der Waals surface area contributed by atoms with Crippen molar-refractivity contribution >= 4 is 15.7 Å². The molecule has 0 aromatic heterocycles. The quantitative estimate of drug-likeness (QED) is 0.827. The fourth-order valence-corrected chi connectivity index (χ4v) is 3.24. The zero-order valence-electron chi connectivity index (χ0n) is 12.6. The van der Waals surface area contributed by atoms with Crippen LogP contribution in [0.25, 0.3) is 0 Å². The summed E-state index contributed by atoms with van der Waals surface area (Å²) in [4.78, 5) is -0.0818. The molecule has 25 heavy (non-hydrogen) atoms. The number of halogens is 4. The maximum atomic E-state index is 13.7. The SMILES string of the molecule is Cc1ccc(S(=O)(=O)Nc2ccc3c(c2)C(F)(F)OC(F)(F)O3)cc1. The van der Waals surface area contributed by atoms with Crippen LogP contribution in [0.2, 0.25) is 0 Å². The number of hydrogen-bond acceptors (Lipinski definition) is 4. The number of anilines is 1. The molecule has 0 unspecified atom stereocenters. The number of fused-ring (bicyclic) bond motifs is 1. The summed E-state index contributed by atoms with van der Waals surface area (Å²) in [5.41, 5.74) is -0.429. The topological polar surface area (TPSA) is 64.6 Å². The fraction of sp³-hybridized carbons (Fsp3) is 0.200. The minimum Gasteiger partial charge on any atom is -0.409 e. The van der Waals surface area contributed by atoms with Crippen molar-refractivity contribution in [2.45, 2.75) is 24.2 Å². The molecule has 2 aromatic rings. The molecule has 0 radical (unpaired) electrons. The van der Waals surface area contributed by atoms with Gasteiger partial charge in [0.25, 0.3) is 10.0 Å². The lowest BCUT2D eigenvalue weighted by Gasteiger charge is -2.30. The van der Waals surface area contributed by atoms with Gasteiger partial charge in [0, 0.05) is 5.69 Å². The molecule has 1 N–H and O–H groups in total. The van der Waals surface area contributed by atoms with E-state index in [4.69, 9.17) is 0 Å². The van der Waals surface area contributed by atoms with Gasteiger partial charge in [0.2, 0.25) is 0 Å². The molecule has 0 spiro atoms. The van der Waals surface area contributed by atoms with E-state index in [2.05, 4.69) is 14.2 Å². The van der Waals surface area contributed by atoms with Gasteiger partial charge < -0.3 is 4.74 Å². The van der Waals surface area contributed by atoms with Gasteiger partial charge in [-0.15, -0.1) is 8.78 Å². The zero-order chi connectivity index (χ0) is 18.5. The molecule has 1 aliphatic rings. The molecule has 2 aromatic carbocycles. The van der Waals surface area contributed by atoms with Crippen LogP contribution in [-0.2, 0) is 20.9 Å². The molecular formula is C15H11F4NO4S. The molecule has 0 saturated heterocycles. The van der Waals surface area contributed by atoms with Crippen molar-refractivity contribution in [3.05, 3.63) is 53.6 Å². The zero-order valence-corrected chi connectivity index (χ0v) is 13.4. The third kappa shape index (κ3) is 3.54. The predicted molar refractivity (Wildman–Crippen MR) is 79.0 cm³/mol. The van der Waals surface area contributed by atoms with Crippen LogP contribution in [-0.4, -0.2) is 14.7 Å². The summed E-state index contributed by atoms with van der Waals surface area (Å²) < 4.78 is 87.3. The van der Waals surface area contributed by atoms with Crippen LogP contribution >= 0.6 is 0 Å². The van der Waals surface area contributed by atoms with E-state index in [1.165, 1.54) is 12.1 Å². The Bertz CT molecular complexity index is 914. The predicted octanol–water partition coefficient (Wildman–Crippen LogP) is 3.80. The minimum atomic E-state index is -4.49. The van der Waals surface area contributed by atoms with Crippen LogP contribution < -0.4 is 9.46 Å². The van der Waals surface area contributed by atoms with E-state index in [9.17, 15) is 26.0 Å². The molecule has 0 fully saturated rings. The van der Waals surface area contributed by atoms with Gasteiger partial charge in [-0.05, 0) is 37.3 Å². The fourth-order valence-electron chi connectivity index (χ4n) is 2.19. The number of rotatable bonds is 3. The van der Waals surface area contributed by atoms with E-state index in [-0.39, 0.29) is 10.6 Å². The Hall–Kier alpha value is -2.33. The molecular weight excluding hydrogens is 366 g/mol. The number of hydrogen-bond donors (Lipinski definition) is 1. The summed E-state index contributed by atoms with van der Waals surface area (Å²) in [6.45, 7) is 1.77. The van der Waals surface area contributed by atoms with Crippen molar-refractivity contribution in [2.24, 2.45) is 0 Å². The molecule has 134 valence electrons. The van der Waals surface area contributed by atoms with E-state index in [1.807, 2.05) is 0 Å². The third-order valence-electron chi connectivity index (χ3n) is 3.35. The molecule has 3 rings (SSSR count). The third-order valence-corrected chi connectivity index (χ3v) is 4.75. The van der Waals surface area contributed by atoms with Gasteiger partial charge in [-0.3, -0.25) is 4.72 Å². The monoisotopic (exact) mass is 377 g/mol. The highest BCUT2D eigenvalue weighted by Crippen LogP contribution is 2.47. The lowest BCUT2D eigenvalue weighted by atomic mass is 10.1. The number of nitrogens with one attached hydrogen (secondary N) is 1. The highest BCUT2D eigenvalue weighted by molar-refractivity contribution is 7.92. The maximum Gasteiger partial charge on any atom is 0.540 e. The standard InChI is InChI=1S/C15H11F4NO4S/c1-9-2-5-11(6-3-9)25(21,22)20-10-4-7-13-12(8-10)14(16,17)24-15(18,19)23-13/h2-8,20H,1H3. The molecule has 1 aliphatic heterocycles. The second kappa shape index (κ2) is 5.60. The normalized spacial score (nSPS) is 18.1. The number of alkyl halides is 4.